The Morgan fingerprint density at radius 1 is 1.03 bits per heavy atom. The van der Waals surface area contributed by atoms with E-state index in [-0.39, 0.29) is 22.9 Å². The number of hydrogen-bond donors (Lipinski definition) is 2. The van der Waals surface area contributed by atoms with Crippen molar-refractivity contribution in [2.45, 2.75) is 30.3 Å². The SMILES string of the molecule is O=C(Cc1ccc2c(c1)OCCO2)N1CCC([C@H]2Nc3ccccc3S(=O)(=O)N2)CC1. The lowest BCUT2D eigenvalue weighted by Gasteiger charge is -2.39. The summed E-state index contributed by atoms with van der Waals surface area (Å²) in [6.45, 7) is 2.27. The van der Waals surface area contributed by atoms with Crippen molar-refractivity contribution in [3.8, 4) is 11.5 Å². The number of likely N-dealkylation sites (tertiary alicyclic amines) is 1. The van der Waals surface area contributed by atoms with Crippen LogP contribution in [0.4, 0.5) is 5.69 Å². The smallest absolute Gasteiger partial charge is 0.244 e. The molecule has 1 atom stereocenters. The van der Waals surface area contributed by atoms with E-state index in [4.69, 9.17) is 9.47 Å². The highest BCUT2D eigenvalue weighted by molar-refractivity contribution is 7.89. The zero-order chi connectivity index (χ0) is 21.4. The van der Waals surface area contributed by atoms with Crippen molar-refractivity contribution in [2.24, 2.45) is 5.92 Å². The van der Waals surface area contributed by atoms with Crippen LogP contribution in [0.15, 0.2) is 47.4 Å². The number of carbonyl (C=O) groups is 1. The molecular weight excluding hydrogens is 418 g/mol. The monoisotopic (exact) mass is 443 g/mol. The summed E-state index contributed by atoms with van der Waals surface area (Å²) in [7, 11) is -3.53. The van der Waals surface area contributed by atoms with Crippen LogP contribution in [0.25, 0.3) is 0 Å². The number of ether oxygens (including phenoxy) is 2. The first kappa shape index (κ1) is 20.1. The number of sulfonamides is 1. The Labute approximate surface area is 181 Å². The molecule has 8 nitrogen and oxygen atoms in total. The van der Waals surface area contributed by atoms with Crippen LogP contribution in [0.5, 0.6) is 11.5 Å². The van der Waals surface area contributed by atoms with Crippen LogP contribution in [0, 0.1) is 5.92 Å². The van der Waals surface area contributed by atoms with E-state index in [0.29, 0.717) is 49.9 Å². The number of amides is 1. The van der Waals surface area contributed by atoms with Gasteiger partial charge in [0.1, 0.15) is 18.1 Å². The molecule has 3 aliphatic heterocycles. The van der Waals surface area contributed by atoms with Gasteiger partial charge >= 0.3 is 0 Å². The molecule has 0 radical (unpaired) electrons. The highest BCUT2D eigenvalue weighted by atomic mass is 32.2. The Morgan fingerprint density at radius 3 is 2.58 bits per heavy atom. The first-order valence-corrected chi connectivity index (χ1v) is 12.0. The minimum Gasteiger partial charge on any atom is -0.486 e. The number of anilines is 1. The van der Waals surface area contributed by atoms with E-state index >= 15 is 0 Å². The summed E-state index contributed by atoms with van der Waals surface area (Å²) in [6.07, 6.45) is 1.41. The number of hydrogen-bond acceptors (Lipinski definition) is 6. The van der Waals surface area contributed by atoms with Crippen LogP contribution in [-0.4, -0.2) is 51.7 Å². The van der Waals surface area contributed by atoms with Crippen molar-refractivity contribution in [1.82, 2.24) is 9.62 Å². The van der Waals surface area contributed by atoms with Gasteiger partial charge in [-0.05, 0) is 48.6 Å². The zero-order valence-electron chi connectivity index (χ0n) is 17.0. The number of carbonyl (C=O) groups excluding carboxylic acids is 1. The fourth-order valence-electron chi connectivity index (χ4n) is 4.43. The number of fused-ring (bicyclic) bond motifs is 2. The molecule has 3 heterocycles. The number of piperidine rings is 1. The van der Waals surface area contributed by atoms with Crippen LogP contribution in [0.3, 0.4) is 0 Å². The third-order valence-corrected chi connectivity index (χ3v) is 7.59. The lowest BCUT2D eigenvalue weighted by molar-refractivity contribution is -0.131. The van der Waals surface area contributed by atoms with Gasteiger partial charge in [-0.25, -0.2) is 8.42 Å². The molecule has 0 aliphatic carbocycles. The number of nitrogens with zero attached hydrogens (tertiary/aromatic N) is 1. The third kappa shape index (κ3) is 4.07. The van der Waals surface area contributed by atoms with Crippen molar-refractivity contribution in [2.75, 3.05) is 31.6 Å². The Balaban J connectivity index is 1.19. The number of nitrogens with one attached hydrogen (secondary N) is 2. The molecule has 31 heavy (non-hydrogen) atoms. The van der Waals surface area contributed by atoms with E-state index in [1.165, 1.54) is 0 Å². The Hall–Kier alpha value is -2.78. The molecule has 164 valence electrons. The quantitative estimate of drug-likeness (QED) is 0.753. The average molecular weight is 444 g/mol. The number of para-hydroxylation sites is 1. The van der Waals surface area contributed by atoms with Gasteiger partial charge in [0.25, 0.3) is 0 Å². The predicted molar refractivity (Wildman–Crippen MR) is 115 cm³/mol. The summed E-state index contributed by atoms with van der Waals surface area (Å²) >= 11 is 0. The van der Waals surface area contributed by atoms with Crippen LogP contribution < -0.4 is 19.5 Å². The molecular formula is C22H25N3O5S. The van der Waals surface area contributed by atoms with Gasteiger partial charge in [-0.15, -0.1) is 0 Å². The molecule has 1 fully saturated rings. The van der Waals surface area contributed by atoms with Crippen molar-refractivity contribution < 1.29 is 22.7 Å². The molecule has 5 rings (SSSR count). The zero-order valence-corrected chi connectivity index (χ0v) is 17.9. The molecule has 0 spiro atoms. The van der Waals surface area contributed by atoms with Gasteiger partial charge in [-0.1, -0.05) is 18.2 Å². The van der Waals surface area contributed by atoms with Gasteiger partial charge in [0.15, 0.2) is 11.5 Å². The lowest BCUT2D eigenvalue weighted by Crippen LogP contribution is -2.52. The van der Waals surface area contributed by atoms with Crippen molar-refractivity contribution in [1.29, 1.82) is 0 Å². The van der Waals surface area contributed by atoms with E-state index < -0.39 is 10.0 Å². The van der Waals surface area contributed by atoms with Gasteiger partial charge in [0, 0.05) is 13.1 Å². The summed E-state index contributed by atoms with van der Waals surface area (Å²) in [5, 5.41) is 3.32. The van der Waals surface area contributed by atoms with E-state index in [9.17, 15) is 13.2 Å². The van der Waals surface area contributed by atoms with Crippen LogP contribution in [0.1, 0.15) is 18.4 Å². The Morgan fingerprint density at radius 2 is 1.77 bits per heavy atom. The maximum absolute atomic E-state index is 12.8. The largest absolute Gasteiger partial charge is 0.486 e. The normalized spacial score (nSPS) is 22.3. The van der Waals surface area contributed by atoms with Gasteiger partial charge in [-0.2, -0.15) is 4.72 Å². The highest BCUT2D eigenvalue weighted by Crippen LogP contribution is 2.32. The molecule has 1 saturated heterocycles. The maximum atomic E-state index is 12.8. The molecule has 9 heteroatoms. The number of benzene rings is 2. The lowest BCUT2D eigenvalue weighted by atomic mass is 9.93. The standard InChI is InChI=1S/C22H25N3O5S/c26-21(14-15-5-6-18-19(13-15)30-12-11-29-18)25-9-7-16(8-10-25)22-23-17-3-1-2-4-20(17)31(27,28)24-22/h1-6,13,16,22-24H,7-12,14H2/t22-/m0/s1. The first-order chi connectivity index (χ1) is 15.0. The molecule has 3 aliphatic rings. The van der Waals surface area contributed by atoms with E-state index in [2.05, 4.69) is 10.0 Å². The van der Waals surface area contributed by atoms with Gasteiger partial charge < -0.3 is 19.7 Å². The van der Waals surface area contributed by atoms with Crippen LogP contribution in [-0.2, 0) is 21.2 Å². The van der Waals surface area contributed by atoms with Crippen molar-refractivity contribution in [3.63, 3.8) is 0 Å². The molecule has 2 aromatic carbocycles. The summed E-state index contributed by atoms with van der Waals surface area (Å²) in [5.74, 6) is 1.58. The first-order valence-electron chi connectivity index (χ1n) is 10.5. The second kappa shape index (κ2) is 8.05. The molecule has 2 aromatic rings. The maximum Gasteiger partial charge on any atom is 0.244 e. The van der Waals surface area contributed by atoms with E-state index in [0.717, 1.165) is 18.4 Å². The summed E-state index contributed by atoms with van der Waals surface area (Å²) < 4.78 is 39.0. The van der Waals surface area contributed by atoms with E-state index in [1.54, 1.807) is 18.2 Å². The molecule has 0 saturated carbocycles. The predicted octanol–water partition coefficient (Wildman–Crippen LogP) is 1.97. The van der Waals surface area contributed by atoms with Crippen molar-refractivity contribution >= 4 is 21.6 Å². The molecule has 0 aromatic heterocycles. The van der Waals surface area contributed by atoms with Crippen molar-refractivity contribution in [3.05, 3.63) is 48.0 Å². The minimum absolute atomic E-state index is 0.0673. The minimum atomic E-state index is -3.53. The van der Waals surface area contributed by atoms with Crippen LogP contribution >= 0.6 is 0 Å². The summed E-state index contributed by atoms with van der Waals surface area (Å²) in [4.78, 5) is 14.9. The molecule has 0 bridgehead atoms. The Kier molecular flexibility index (Phi) is 5.23. The fourth-order valence-corrected chi connectivity index (χ4v) is 5.82. The van der Waals surface area contributed by atoms with Crippen LogP contribution in [0.2, 0.25) is 0 Å². The summed E-state index contributed by atoms with van der Waals surface area (Å²) in [5.41, 5.74) is 1.53. The van der Waals surface area contributed by atoms with Gasteiger partial charge in [0.2, 0.25) is 15.9 Å². The second-order valence-corrected chi connectivity index (χ2v) is 9.79. The topological polar surface area (TPSA) is 97.0 Å². The second-order valence-electron chi connectivity index (χ2n) is 8.11. The van der Waals surface area contributed by atoms with Gasteiger partial charge in [0.05, 0.1) is 18.3 Å². The summed E-state index contributed by atoms with van der Waals surface area (Å²) in [6, 6.07) is 12.5. The molecule has 1 amide bonds. The fraction of sp³-hybridized carbons (Fsp3) is 0.409. The molecule has 2 N–H and O–H groups in total. The Bertz CT molecular complexity index is 1100. The third-order valence-electron chi connectivity index (χ3n) is 6.10. The van der Waals surface area contributed by atoms with Gasteiger partial charge in [-0.3, -0.25) is 4.79 Å². The van der Waals surface area contributed by atoms with E-state index in [1.807, 2.05) is 29.2 Å². The highest BCUT2D eigenvalue weighted by Gasteiger charge is 2.35. The molecule has 0 unspecified atom stereocenters. The average Bonchev–Trinajstić information content (AvgIpc) is 2.78. The number of rotatable bonds is 3.